The monoisotopic (exact) mass is 411 g/mol. The highest BCUT2D eigenvalue weighted by atomic mass is 79.9. The number of dihydropyridines is 1. The molecule has 26 heavy (non-hydrogen) atoms. The van der Waals surface area contributed by atoms with Gasteiger partial charge in [0.05, 0.1) is 18.3 Å². The van der Waals surface area contributed by atoms with Crippen molar-refractivity contribution in [2.45, 2.75) is 6.04 Å². The predicted octanol–water partition coefficient (Wildman–Crippen LogP) is 3.54. The number of rotatable bonds is 5. The van der Waals surface area contributed by atoms with Gasteiger partial charge in [0, 0.05) is 34.7 Å². The minimum Gasteiger partial charge on any atom is -0.398 e. The Morgan fingerprint density at radius 1 is 1.23 bits per heavy atom. The summed E-state index contributed by atoms with van der Waals surface area (Å²) in [7, 11) is 1.73. The van der Waals surface area contributed by atoms with E-state index >= 15 is 0 Å². The van der Waals surface area contributed by atoms with Crippen molar-refractivity contribution in [2.24, 2.45) is 10.7 Å². The van der Waals surface area contributed by atoms with E-state index < -0.39 is 0 Å². The number of halogens is 1. The largest absolute Gasteiger partial charge is 0.398 e. The average Bonchev–Trinajstić information content (AvgIpc) is 2.65. The summed E-state index contributed by atoms with van der Waals surface area (Å²) >= 11 is 3.64. The number of benzene rings is 2. The van der Waals surface area contributed by atoms with E-state index in [2.05, 4.69) is 31.6 Å². The maximum atomic E-state index is 6.66. The van der Waals surface area contributed by atoms with E-state index in [9.17, 15) is 0 Å². The molecule has 5 nitrogen and oxygen atoms in total. The van der Waals surface area contributed by atoms with Crippen LogP contribution in [0.25, 0.3) is 0 Å². The van der Waals surface area contributed by atoms with Crippen molar-refractivity contribution in [1.82, 2.24) is 5.32 Å². The Labute approximate surface area is 162 Å². The topological polar surface area (TPSA) is 88.5 Å². The second-order valence-corrected chi connectivity index (χ2v) is 6.83. The van der Waals surface area contributed by atoms with Gasteiger partial charge in [-0.1, -0.05) is 24.3 Å². The first-order chi connectivity index (χ1) is 12.6. The van der Waals surface area contributed by atoms with Crippen LogP contribution in [-0.2, 0) is 0 Å². The third-order valence-electron chi connectivity index (χ3n) is 4.24. The van der Waals surface area contributed by atoms with Gasteiger partial charge >= 0.3 is 0 Å². The number of para-hydroxylation sites is 1. The number of nitrogens with two attached hydrogens (primary N) is 2. The second kappa shape index (κ2) is 8.21. The molecule has 6 heteroatoms. The minimum atomic E-state index is -0.348. The summed E-state index contributed by atoms with van der Waals surface area (Å²) in [5.41, 5.74) is 18.3. The molecule has 0 amide bonds. The highest BCUT2D eigenvalue weighted by Crippen LogP contribution is 2.35. The van der Waals surface area contributed by atoms with E-state index in [4.69, 9.17) is 11.5 Å². The van der Waals surface area contributed by atoms with Gasteiger partial charge in [0.1, 0.15) is 0 Å². The van der Waals surface area contributed by atoms with Crippen molar-refractivity contribution < 1.29 is 0 Å². The van der Waals surface area contributed by atoms with E-state index in [0.717, 1.165) is 39.1 Å². The lowest BCUT2D eigenvalue weighted by Gasteiger charge is -2.23. The van der Waals surface area contributed by atoms with Gasteiger partial charge in [-0.15, -0.1) is 0 Å². The number of hydrogen-bond acceptors (Lipinski definition) is 5. The molecule has 0 saturated heterocycles. The number of hydrogen-bond donors (Lipinski definition) is 4. The molecular formula is C20H22BrN5. The van der Waals surface area contributed by atoms with Crippen molar-refractivity contribution in [3.8, 4) is 0 Å². The highest BCUT2D eigenvalue weighted by Gasteiger charge is 2.19. The van der Waals surface area contributed by atoms with Gasteiger partial charge in [-0.25, -0.2) is 0 Å². The van der Waals surface area contributed by atoms with Crippen LogP contribution in [0.5, 0.6) is 0 Å². The van der Waals surface area contributed by atoms with Crippen LogP contribution < -0.4 is 22.1 Å². The lowest BCUT2D eigenvalue weighted by atomic mass is 9.93. The molecule has 0 bridgehead atoms. The third kappa shape index (κ3) is 3.81. The van der Waals surface area contributed by atoms with Gasteiger partial charge in [0.15, 0.2) is 0 Å². The number of nitrogens with one attached hydrogen (secondary N) is 2. The van der Waals surface area contributed by atoms with E-state index in [1.165, 1.54) is 0 Å². The third-order valence-corrected chi connectivity index (χ3v) is 4.90. The van der Waals surface area contributed by atoms with Crippen molar-refractivity contribution in [3.05, 3.63) is 81.6 Å². The summed E-state index contributed by atoms with van der Waals surface area (Å²) in [5, 5.41) is 6.69. The maximum Gasteiger partial charge on any atom is 0.0579 e. The summed E-state index contributed by atoms with van der Waals surface area (Å²) in [4.78, 5) is 4.13. The Hall–Kier alpha value is -2.57. The van der Waals surface area contributed by atoms with E-state index in [0.29, 0.717) is 5.69 Å². The van der Waals surface area contributed by atoms with Crippen molar-refractivity contribution in [1.29, 1.82) is 0 Å². The molecule has 2 aromatic carbocycles. The normalized spacial score (nSPS) is 14.8. The Morgan fingerprint density at radius 2 is 2.00 bits per heavy atom. The first-order valence-corrected chi connectivity index (χ1v) is 9.11. The molecule has 1 heterocycles. The maximum absolute atomic E-state index is 6.66. The lowest BCUT2D eigenvalue weighted by Crippen LogP contribution is -2.21. The van der Waals surface area contributed by atoms with Crippen LogP contribution in [0.1, 0.15) is 22.7 Å². The van der Waals surface area contributed by atoms with Gasteiger partial charge in [0.25, 0.3) is 0 Å². The van der Waals surface area contributed by atoms with Crippen LogP contribution in [0.4, 0.5) is 11.4 Å². The van der Waals surface area contributed by atoms with Crippen LogP contribution >= 0.6 is 15.9 Å². The summed E-state index contributed by atoms with van der Waals surface area (Å²) in [6.45, 7) is 0.735. The zero-order valence-corrected chi connectivity index (χ0v) is 16.1. The molecule has 0 spiro atoms. The smallest absolute Gasteiger partial charge is 0.0579 e. The molecule has 134 valence electrons. The fourth-order valence-corrected chi connectivity index (χ4v) is 3.44. The molecule has 6 N–H and O–H groups in total. The summed E-state index contributed by atoms with van der Waals surface area (Å²) in [5.74, 6) is 0. The first-order valence-electron chi connectivity index (χ1n) is 8.32. The molecule has 3 rings (SSSR count). The molecule has 1 unspecified atom stereocenters. The van der Waals surface area contributed by atoms with E-state index in [1.807, 2.05) is 54.8 Å². The van der Waals surface area contributed by atoms with Crippen molar-refractivity contribution >= 4 is 33.5 Å². The molecule has 1 aliphatic heterocycles. The average molecular weight is 412 g/mol. The van der Waals surface area contributed by atoms with Gasteiger partial charge in [-0.05, 0) is 57.5 Å². The first kappa shape index (κ1) is 18.2. The van der Waals surface area contributed by atoms with Crippen LogP contribution in [-0.4, -0.2) is 19.8 Å². The predicted molar refractivity (Wildman–Crippen MR) is 113 cm³/mol. The number of allylic oxidation sites excluding steroid dienone is 2. The quantitative estimate of drug-likeness (QED) is 0.447. The second-order valence-electron chi connectivity index (χ2n) is 5.98. The Morgan fingerprint density at radius 3 is 2.73 bits per heavy atom. The standard InChI is InChI=1S/C20H22BrN5/c1-24-12-16-14(6-3-9-18(16)22)19(23)15-7-2-8-17(21)20(15)26-13-5-4-10-25-11-13/h2-10,12,19,25-26H,11,22-23H2,1H3. The number of aliphatic imine (C=N–C) groups is 1. The van der Waals surface area contributed by atoms with Crippen molar-refractivity contribution in [2.75, 3.05) is 24.6 Å². The number of nitrogens with zero attached hydrogens (tertiary/aromatic N) is 1. The zero-order chi connectivity index (χ0) is 18.5. The molecular weight excluding hydrogens is 390 g/mol. The van der Waals surface area contributed by atoms with Crippen LogP contribution in [0.2, 0.25) is 0 Å². The Bertz CT molecular complexity index is 886. The zero-order valence-electron chi connectivity index (χ0n) is 14.5. The van der Waals surface area contributed by atoms with Crippen LogP contribution in [0.3, 0.4) is 0 Å². The van der Waals surface area contributed by atoms with Crippen LogP contribution in [0, 0.1) is 0 Å². The van der Waals surface area contributed by atoms with Gasteiger partial charge in [0.2, 0.25) is 0 Å². The molecule has 2 aromatic rings. The molecule has 0 saturated carbocycles. The fraction of sp³-hybridized carbons (Fsp3) is 0.150. The van der Waals surface area contributed by atoms with Gasteiger partial charge < -0.3 is 22.1 Å². The number of anilines is 2. The highest BCUT2D eigenvalue weighted by molar-refractivity contribution is 9.10. The minimum absolute atomic E-state index is 0.348. The molecule has 1 aliphatic rings. The van der Waals surface area contributed by atoms with Crippen LogP contribution in [0.15, 0.2) is 69.9 Å². The summed E-state index contributed by atoms with van der Waals surface area (Å²) in [6, 6.07) is 11.4. The van der Waals surface area contributed by atoms with Crippen molar-refractivity contribution in [3.63, 3.8) is 0 Å². The van der Waals surface area contributed by atoms with E-state index in [-0.39, 0.29) is 6.04 Å². The molecule has 0 fully saturated rings. The molecule has 0 aromatic heterocycles. The fourth-order valence-electron chi connectivity index (χ4n) is 2.96. The molecule has 1 atom stereocenters. The Kier molecular flexibility index (Phi) is 5.75. The van der Waals surface area contributed by atoms with Gasteiger partial charge in [-0.2, -0.15) is 0 Å². The summed E-state index contributed by atoms with van der Waals surface area (Å²) < 4.78 is 0.954. The Balaban J connectivity index is 2.04. The molecule has 0 aliphatic carbocycles. The lowest BCUT2D eigenvalue weighted by molar-refractivity contribution is 0.866. The van der Waals surface area contributed by atoms with E-state index in [1.54, 1.807) is 13.3 Å². The molecule has 0 radical (unpaired) electrons. The SMILES string of the molecule is CN=Cc1c(N)cccc1C(N)c1cccc(Br)c1NC1=CC=CNC1. The van der Waals surface area contributed by atoms with Gasteiger partial charge in [-0.3, -0.25) is 4.99 Å². The number of nitrogen functional groups attached to an aromatic ring is 1. The summed E-state index contributed by atoms with van der Waals surface area (Å²) in [6.07, 6.45) is 7.69.